The van der Waals surface area contributed by atoms with Crippen LogP contribution in [0.3, 0.4) is 0 Å². The summed E-state index contributed by atoms with van der Waals surface area (Å²) in [5, 5.41) is 11.1. The number of hydrogen-bond acceptors (Lipinski definition) is 4. The number of nitrogens with zero attached hydrogens (tertiary/aromatic N) is 2. The largest absolute Gasteiger partial charge is 0.483 e. The van der Waals surface area contributed by atoms with E-state index >= 15 is 0 Å². The number of rotatable bonds is 7. The zero-order chi connectivity index (χ0) is 19.9. The average molecular weight is 376 g/mol. The van der Waals surface area contributed by atoms with E-state index < -0.39 is 4.92 Å². The van der Waals surface area contributed by atoms with E-state index in [1.165, 1.54) is 17.0 Å². The van der Waals surface area contributed by atoms with E-state index in [9.17, 15) is 14.9 Å². The number of nitro groups is 1. The lowest BCUT2D eigenvalue weighted by molar-refractivity contribution is -0.384. The third-order valence-electron chi connectivity index (χ3n) is 4.28. The molecule has 0 unspecified atom stereocenters. The first-order chi connectivity index (χ1) is 13.5. The van der Waals surface area contributed by atoms with E-state index in [2.05, 4.69) is 0 Å². The Labute approximate surface area is 163 Å². The molecule has 3 rings (SSSR count). The summed E-state index contributed by atoms with van der Waals surface area (Å²) in [6.45, 7) is 2.03. The molecule has 0 aliphatic rings. The molecule has 6 heteroatoms. The highest BCUT2D eigenvalue weighted by Gasteiger charge is 2.19. The smallest absolute Gasteiger partial charge is 0.271 e. The van der Waals surface area contributed by atoms with Gasteiger partial charge in [-0.2, -0.15) is 0 Å². The molecular formula is C22H20N2O4. The molecule has 0 heterocycles. The van der Waals surface area contributed by atoms with Crippen LogP contribution in [-0.4, -0.2) is 17.4 Å². The number of carbonyl (C=O) groups is 1. The highest BCUT2D eigenvalue weighted by atomic mass is 16.6. The summed E-state index contributed by atoms with van der Waals surface area (Å²) in [6, 6.07) is 23.0. The van der Waals surface area contributed by atoms with Crippen LogP contribution in [0.5, 0.6) is 5.75 Å². The molecule has 0 aromatic heterocycles. The molecular weight excluding hydrogens is 356 g/mol. The van der Waals surface area contributed by atoms with Gasteiger partial charge in [0, 0.05) is 12.1 Å². The second-order valence-electron chi connectivity index (χ2n) is 6.30. The van der Waals surface area contributed by atoms with Gasteiger partial charge in [0.1, 0.15) is 5.75 Å². The number of benzene rings is 3. The van der Waals surface area contributed by atoms with E-state index in [0.717, 1.165) is 11.1 Å². The van der Waals surface area contributed by atoms with Crippen molar-refractivity contribution < 1.29 is 14.5 Å². The standard InChI is InChI=1S/C22H20N2O4/c1-17-8-5-6-13-21(17)28-16-22(25)23(15-18-9-3-2-4-10-18)19-11-7-12-20(14-19)24(26)27/h2-14H,15-16H2,1H3. The number of amides is 1. The molecule has 0 aliphatic carbocycles. The van der Waals surface area contributed by atoms with Crippen LogP contribution in [0.15, 0.2) is 78.9 Å². The van der Waals surface area contributed by atoms with Crippen molar-refractivity contribution in [3.05, 3.63) is 100 Å². The highest BCUT2D eigenvalue weighted by molar-refractivity contribution is 5.94. The molecule has 0 bridgehead atoms. The van der Waals surface area contributed by atoms with Crippen LogP contribution < -0.4 is 9.64 Å². The molecule has 0 aliphatic heterocycles. The van der Waals surface area contributed by atoms with Crippen molar-refractivity contribution in [2.45, 2.75) is 13.5 Å². The van der Waals surface area contributed by atoms with E-state index in [1.54, 1.807) is 18.2 Å². The number of para-hydroxylation sites is 1. The molecule has 0 spiro atoms. The summed E-state index contributed by atoms with van der Waals surface area (Å²) in [4.78, 5) is 25.1. The molecule has 1 amide bonds. The number of carbonyl (C=O) groups excluding carboxylic acids is 1. The fourth-order valence-electron chi connectivity index (χ4n) is 2.80. The number of aryl methyl sites for hydroxylation is 1. The molecule has 0 saturated carbocycles. The Hall–Kier alpha value is -3.67. The normalized spacial score (nSPS) is 10.3. The van der Waals surface area contributed by atoms with Crippen molar-refractivity contribution in [2.24, 2.45) is 0 Å². The fourth-order valence-corrected chi connectivity index (χ4v) is 2.80. The lowest BCUT2D eigenvalue weighted by Crippen LogP contribution is -2.34. The minimum absolute atomic E-state index is 0.0665. The first kappa shape index (κ1) is 19.1. The van der Waals surface area contributed by atoms with Gasteiger partial charge >= 0.3 is 0 Å². The van der Waals surface area contributed by atoms with Crippen LogP contribution >= 0.6 is 0 Å². The molecule has 28 heavy (non-hydrogen) atoms. The van der Waals surface area contributed by atoms with Crippen molar-refractivity contribution >= 4 is 17.3 Å². The average Bonchev–Trinajstić information content (AvgIpc) is 2.72. The van der Waals surface area contributed by atoms with Crippen LogP contribution in [0.25, 0.3) is 0 Å². The molecule has 0 saturated heterocycles. The SMILES string of the molecule is Cc1ccccc1OCC(=O)N(Cc1ccccc1)c1cccc([N+](=O)[O-])c1. The van der Waals surface area contributed by atoms with Gasteiger partial charge in [-0.15, -0.1) is 0 Å². The van der Waals surface area contributed by atoms with Crippen LogP contribution in [0.4, 0.5) is 11.4 Å². The maximum Gasteiger partial charge on any atom is 0.271 e. The Balaban J connectivity index is 1.85. The third-order valence-corrected chi connectivity index (χ3v) is 4.28. The van der Waals surface area contributed by atoms with Crippen LogP contribution in [0.1, 0.15) is 11.1 Å². The van der Waals surface area contributed by atoms with Gasteiger partial charge < -0.3 is 9.64 Å². The Kier molecular flexibility index (Phi) is 6.01. The van der Waals surface area contributed by atoms with Crippen LogP contribution in [0, 0.1) is 17.0 Å². The monoisotopic (exact) mass is 376 g/mol. The number of nitro benzene ring substituents is 1. The summed E-state index contributed by atoms with van der Waals surface area (Å²) in [6.07, 6.45) is 0. The van der Waals surface area contributed by atoms with Gasteiger partial charge in [0.25, 0.3) is 11.6 Å². The topological polar surface area (TPSA) is 72.7 Å². The summed E-state index contributed by atoms with van der Waals surface area (Å²) in [5.41, 5.74) is 2.23. The second-order valence-corrected chi connectivity index (χ2v) is 6.30. The lowest BCUT2D eigenvalue weighted by atomic mass is 10.2. The van der Waals surface area contributed by atoms with E-state index in [0.29, 0.717) is 11.4 Å². The van der Waals surface area contributed by atoms with Gasteiger partial charge in [-0.1, -0.05) is 54.6 Å². The number of anilines is 1. The van der Waals surface area contributed by atoms with Gasteiger partial charge in [-0.05, 0) is 30.2 Å². The second kappa shape index (κ2) is 8.81. The van der Waals surface area contributed by atoms with E-state index in [1.807, 2.05) is 55.5 Å². The van der Waals surface area contributed by atoms with E-state index in [4.69, 9.17) is 4.74 Å². The van der Waals surface area contributed by atoms with Crippen molar-refractivity contribution in [3.63, 3.8) is 0 Å². The van der Waals surface area contributed by atoms with Crippen LogP contribution in [0.2, 0.25) is 0 Å². The maximum atomic E-state index is 12.9. The fraction of sp³-hybridized carbons (Fsp3) is 0.136. The highest BCUT2D eigenvalue weighted by Crippen LogP contribution is 2.24. The van der Waals surface area contributed by atoms with Gasteiger partial charge in [0.15, 0.2) is 6.61 Å². The molecule has 3 aromatic carbocycles. The van der Waals surface area contributed by atoms with E-state index in [-0.39, 0.29) is 24.7 Å². The van der Waals surface area contributed by atoms with Crippen molar-refractivity contribution in [1.82, 2.24) is 0 Å². The first-order valence-electron chi connectivity index (χ1n) is 8.82. The number of non-ortho nitro benzene ring substituents is 1. The van der Waals surface area contributed by atoms with Gasteiger partial charge in [0.05, 0.1) is 17.2 Å². The minimum Gasteiger partial charge on any atom is -0.483 e. The zero-order valence-corrected chi connectivity index (χ0v) is 15.4. The lowest BCUT2D eigenvalue weighted by Gasteiger charge is -2.23. The molecule has 0 atom stereocenters. The van der Waals surface area contributed by atoms with Gasteiger partial charge in [0.2, 0.25) is 0 Å². The summed E-state index contributed by atoms with van der Waals surface area (Å²) in [5.74, 6) is 0.349. The predicted molar refractivity (Wildman–Crippen MR) is 107 cm³/mol. The molecule has 0 fully saturated rings. The maximum absolute atomic E-state index is 12.9. The molecule has 0 radical (unpaired) electrons. The van der Waals surface area contributed by atoms with Gasteiger partial charge in [-0.3, -0.25) is 14.9 Å². The predicted octanol–water partition coefficient (Wildman–Crippen LogP) is 4.52. The molecule has 6 nitrogen and oxygen atoms in total. The van der Waals surface area contributed by atoms with Crippen molar-refractivity contribution in [3.8, 4) is 5.75 Å². The molecule has 142 valence electrons. The minimum atomic E-state index is -0.474. The Morgan fingerprint density at radius 1 is 1.00 bits per heavy atom. The Bertz CT molecular complexity index is 973. The first-order valence-corrected chi connectivity index (χ1v) is 8.82. The summed E-state index contributed by atoms with van der Waals surface area (Å²) >= 11 is 0. The summed E-state index contributed by atoms with van der Waals surface area (Å²) < 4.78 is 5.69. The molecule has 3 aromatic rings. The van der Waals surface area contributed by atoms with Crippen LogP contribution in [-0.2, 0) is 11.3 Å². The summed E-state index contributed by atoms with van der Waals surface area (Å²) in [7, 11) is 0. The Morgan fingerprint density at radius 2 is 1.71 bits per heavy atom. The van der Waals surface area contributed by atoms with Crippen molar-refractivity contribution in [2.75, 3.05) is 11.5 Å². The number of hydrogen-bond donors (Lipinski definition) is 0. The van der Waals surface area contributed by atoms with Crippen molar-refractivity contribution in [1.29, 1.82) is 0 Å². The molecule has 0 N–H and O–H groups in total. The zero-order valence-electron chi connectivity index (χ0n) is 15.4. The third kappa shape index (κ3) is 4.73. The Morgan fingerprint density at radius 3 is 2.43 bits per heavy atom. The quantitative estimate of drug-likeness (QED) is 0.449. The van der Waals surface area contributed by atoms with Gasteiger partial charge in [-0.25, -0.2) is 0 Å². The number of ether oxygens (including phenoxy) is 1.